The van der Waals surface area contributed by atoms with Crippen LogP contribution in [0.15, 0.2) is 95.2 Å². The van der Waals surface area contributed by atoms with Crippen molar-refractivity contribution in [3.8, 4) is 5.75 Å². The summed E-state index contributed by atoms with van der Waals surface area (Å²) in [5.74, 6) is 1.07. The van der Waals surface area contributed by atoms with Crippen molar-refractivity contribution in [1.82, 2.24) is 4.98 Å². The highest BCUT2D eigenvalue weighted by molar-refractivity contribution is 6.24. The SMILES string of the molecule is CCCC(O)=C1C(=O)C[C@H](c2ccccc2)CC1=NCCc1c(C)[nH]c2ccc(OCc3ccccc3)cc12. The lowest BCUT2D eigenvalue weighted by molar-refractivity contribution is -0.116. The van der Waals surface area contributed by atoms with E-state index in [0.29, 0.717) is 38.0 Å². The number of ether oxygens (including phenoxy) is 1. The lowest BCUT2D eigenvalue weighted by Gasteiger charge is -2.26. The van der Waals surface area contributed by atoms with Gasteiger partial charge in [-0.3, -0.25) is 9.79 Å². The standard InChI is InChI=1S/C34H36N2O3/c1-3-10-32(37)34-31(19-26(20-33(34)38)25-13-8-5-9-14-25)35-18-17-28-23(2)36-30-16-15-27(21-29(28)30)39-22-24-11-6-4-7-12-24/h4-9,11-16,21,26,36-37H,3,10,17-20,22H2,1-2H3/t26-/m1/s1. The summed E-state index contributed by atoms with van der Waals surface area (Å²) in [5.41, 5.74) is 6.82. The van der Waals surface area contributed by atoms with Gasteiger partial charge in [0, 0.05) is 41.7 Å². The van der Waals surface area contributed by atoms with Crippen molar-refractivity contribution in [1.29, 1.82) is 0 Å². The number of Topliss-reactive ketones (excluding diaryl/α,β-unsaturated/α-hetero) is 1. The lowest BCUT2D eigenvalue weighted by Crippen LogP contribution is -2.27. The zero-order valence-corrected chi connectivity index (χ0v) is 22.7. The van der Waals surface area contributed by atoms with E-state index in [1.54, 1.807) is 0 Å². The van der Waals surface area contributed by atoms with Gasteiger partial charge in [0.2, 0.25) is 0 Å². The molecule has 1 fully saturated rings. The molecule has 1 aromatic heterocycles. The summed E-state index contributed by atoms with van der Waals surface area (Å²) in [7, 11) is 0. The summed E-state index contributed by atoms with van der Waals surface area (Å²) in [4.78, 5) is 21.6. The first-order chi connectivity index (χ1) is 19.0. The second-order valence-corrected chi connectivity index (χ2v) is 10.3. The number of benzene rings is 3. The Morgan fingerprint density at radius 2 is 1.77 bits per heavy atom. The Kier molecular flexibility index (Phi) is 8.26. The van der Waals surface area contributed by atoms with Crippen LogP contribution in [0.3, 0.4) is 0 Å². The number of hydrogen-bond donors (Lipinski definition) is 2. The van der Waals surface area contributed by atoms with Crippen LogP contribution in [0.5, 0.6) is 5.75 Å². The zero-order chi connectivity index (χ0) is 27.2. The summed E-state index contributed by atoms with van der Waals surface area (Å²) < 4.78 is 6.08. The molecule has 2 N–H and O–H groups in total. The third-order valence-electron chi connectivity index (χ3n) is 7.49. The van der Waals surface area contributed by atoms with E-state index in [2.05, 4.69) is 48.3 Å². The van der Waals surface area contributed by atoms with Gasteiger partial charge < -0.3 is 14.8 Å². The van der Waals surface area contributed by atoms with Crippen LogP contribution in [0.4, 0.5) is 0 Å². The fourth-order valence-electron chi connectivity index (χ4n) is 5.51. The van der Waals surface area contributed by atoms with E-state index < -0.39 is 0 Å². The highest BCUT2D eigenvalue weighted by atomic mass is 16.5. The molecule has 0 amide bonds. The first-order valence-corrected chi connectivity index (χ1v) is 13.8. The number of rotatable bonds is 9. The average molecular weight is 521 g/mol. The normalized spacial score (nSPS) is 18.1. The van der Waals surface area contributed by atoms with Gasteiger partial charge in [0.25, 0.3) is 0 Å². The first kappa shape index (κ1) is 26.5. The molecule has 0 saturated heterocycles. The van der Waals surface area contributed by atoms with E-state index in [9.17, 15) is 9.90 Å². The van der Waals surface area contributed by atoms with Gasteiger partial charge >= 0.3 is 0 Å². The van der Waals surface area contributed by atoms with Crippen LogP contribution >= 0.6 is 0 Å². The van der Waals surface area contributed by atoms with E-state index in [-0.39, 0.29) is 17.5 Å². The van der Waals surface area contributed by atoms with E-state index >= 15 is 0 Å². The molecule has 1 aliphatic carbocycles. The summed E-state index contributed by atoms with van der Waals surface area (Å²) in [6, 6.07) is 26.5. The largest absolute Gasteiger partial charge is 0.511 e. The molecule has 0 radical (unpaired) electrons. The van der Waals surface area contributed by atoms with Crippen molar-refractivity contribution in [3.05, 3.63) is 113 Å². The topological polar surface area (TPSA) is 74.7 Å². The Balaban J connectivity index is 1.37. The minimum absolute atomic E-state index is 0.0108. The number of carbonyl (C=O) groups excluding carboxylic acids is 1. The molecule has 1 heterocycles. The van der Waals surface area contributed by atoms with Crippen LogP contribution in [0.25, 0.3) is 10.9 Å². The fourth-order valence-corrected chi connectivity index (χ4v) is 5.51. The molecular weight excluding hydrogens is 484 g/mol. The van der Waals surface area contributed by atoms with Crippen LogP contribution < -0.4 is 4.74 Å². The van der Waals surface area contributed by atoms with Gasteiger partial charge in [-0.05, 0) is 67.0 Å². The molecule has 1 aliphatic rings. The number of nitrogens with zero attached hydrogens (tertiary/aromatic N) is 1. The van der Waals surface area contributed by atoms with Gasteiger partial charge in [0.05, 0.1) is 5.57 Å². The van der Waals surface area contributed by atoms with Crippen molar-refractivity contribution >= 4 is 22.4 Å². The molecule has 1 atom stereocenters. The van der Waals surface area contributed by atoms with E-state index in [1.165, 1.54) is 5.56 Å². The minimum atomic E-state index is -0.0108. The number of allylic oxidation sites excluding steroid dienone is 2. The Morgan fingerprint density at radius 3 is 2.51 bits per heavy atom. The Morgan fingerprint density at radius 1 is 1.03 bits per heavy atom. The summed E-state index contributed by atoms with van der Waals surface area (Å²) in [6.07, 6.45) is 3.05. The lowest BCUT2D eigenvalue weighted by atomic mass is 9.78. The minimum Gasteiger partial charge on any atom is -0.511 e. The molecular formula is C34H36N2O3. The van der Waals surface area contributed by atoms with Crippen LogP contribution in [-0.4, -0.2) is 28.1 Å². The summed E-state index contributed by atoms with van der Waals surface area (Å²) >= 11 is 0. The first-order valence-electron chi connectivity index (χ1n) is 13.8. The number of nitrogens with one attached hydrogen (secondary N) is 1. The van der Waals surface area contributed by atoms with E-state index in [4.69, 9.17) is 9.73 Å². The van der Waals surface area contributed by atoms with E-state index in [0.717, 1.165) is 52.0 Å². The molecule has 5 rings (SSSR count). The predicted molar refractivity (Wildman–Crippen MR) is 158 cm³/mol. The van der Waals surface area contributed by atoms with Crippen LogP contribution in [0, 0.1) is 6.92 Å². The van der Waals surface area contributed by atoms with Crippen LogP contribution in [0.2, 0.25) is 0 Å². The smallest absolute Gasteiger partial charge is 0.168 e. The Labute approximate surface area is 230 Å². The Bertz CT molecular complexity index is 1500. The van der Waals surface area contributed by atoms with Crippen molar-refractivity contribution < 1.29 is 14.6 Å². The van der Waals surface area contributed by atoms with Crippen molar-refractivity contribution in [2.45, 2.75) is 58.5 Å². The van der Waals surface area contributed by atoms with E-state index in [1.807, 2.05) is 49.4 Å². The van der Waals surface area contributed by atoms with Crippen molar-refractivity contribution in [2.24, 2.45) is 4.99 Å². The maximum absolute atomic E-state index is 13.2. The average Bonchev–Trinajstić information content (AvgIpc) is 3.27. The second-order valence-electron chi connectivity index (χ2n) is 10.3. The number of aliphatic imine (C=N–C) groups is 1. The number of fused-ring (bicyclic) bond motifs is 1. The highest BCUT2D eigenvalue weighted by Gasteiger charge is 2.32. The Hall–Kier alpha value is -4.12. The molecule has 0 aliphatic heterocycles. The molecule has 39 heavy (non-hydrogen) atoms. The van der Waals surface area contributed by atoms with Gasteiger partial charge in [-0.25, -0.2) is 0 Å². The summed E-state index contributed by atoms with van der Waals surface area (Å²) in [5, 5.41) is 11.9. The molecule has 0 unspecified atom stereocenters. The monoisotopic (exact) mass is 520 g/mol. The number of aromatic nitrogens is 1. The molecule has 0 spiro atoms. The van der Waals surface area contributed by atoms with Gasteiger partial charge in [-0.1, -0.05) is 67.6 Å². The second kappa shape index (κ2) is 12.2. The van der Waals surface area contributed by atoms with Gasteiger partial charge in [-0.15, -0.1) is 0 Å². The molecule has 3 aromatic carbocycles. The molecule has 5 heteroatoms. The summed E-state index contributed by atoms with van der Waals surface area (Å²) in [6.45, 7) is 5.15. The zero-order valence-electron chi connectivity index (χ0n) is 22.7. The number of aryl methyl sites for hydroxylation is 1. The third-order valence-corrected chi connectivity index (χ3v) is 7.49. The number of carbonyl (C=O) groups is 1. The number of aliphatic hydroxyl groups excluding tert-OH is 1. The number of aliphatic hydroxyl groups is 1. The maximum atomic E-state index is 13.2. The third kappa shape index (κ3) is 6.14. The number of hydrogen-bond acceptors (Lipinski definition) is 4. The van der Waals surface area contributed by atoms with Gasteiger partial charge in [0.15, 0.2) is 5.78 Å². The maximum Gasteiger partial charge on any atom is 0.168 e. The fraction of sp³-hybridized carbons (Fsp3) is 0.294. The van der Waals surface area contributed by atoms with Crippen LogP contribution in [0.1, 0.15) is 60.9 Å². The van der Waals surface area contributed by atoms with Gasteiger partial charge in [0.1, 0.15) is 18.1 Å². The number of H-pyrrole nitrogens is 1. The highest BCUT2D eigenvalue weighted by Crippen LogP contribution is 2.34. The molecule has 4 aromatic rings. The number of ketones is 1. The predicted octanol–water partition coefficient (Wildman–Crippen LogP) is 7.80. The molecule has 0 bridgehead atoms. The molecule has 5 nitrogen and oxygen atoms in total. The quantitative estimate of drug-likeness (QED) is 0.175. The van der Waals surface area contributed by atoms with Crippen LogP contribution in [-0.2, 0) is 17.8 Å². The van der Waals surface area contributed by atoms with Crippen molar-refractivity contribution in [2.75, 3.05) is 6.54 Å². The molecule has 1 saturated carbocycles. The van der Waals surface area contributed by atoms with Crippen molar-refractivity contribution in [3.63, 3.8) is 0 Å². The van der Waals surface area contributed by atoms with Gasteiger partial charge in [-0.2, -0.15) is 0 Å². The molecule has 200 valence electrons. The number of aromatic amines is 1.